The molecule has 0 spiro atoms. The lowest BCUT2D eigenvalue weighted by molar-refractivity contribution is -0.154. The van der Waals surface area contributed by atoms with Gasteiger partial charge in [-0.15, -0.1) is 0 Å². The number of ether oxygens (including phenoxy) is 1. The van der Waals surface area contributed by atoms with E-state index in [9.17, 15) is 9.59 Å². The minimum absolute atomic E-state index is 0.287. The molecule has 0 fully saturated rings. The second kappa shape index (κ2) is 9.86. The molecule has 0 rings (SSSR count). The number of allylic oxidation sites excluding steroid dienone is 2. The van der Waals surface area contributed by atoms with Crippen LogP contribution in [0, 0.1) is 5.92 Å². The molecule has 18 heavy (non-hydrogen) atoms. The Hall–Kier alpha value is -1.12. The molecule has 0 radical (unpaired) electrons. The van der Waals surface area contributed by atoms with Crippen molar-refractivity contribution in [2.75, 3.05) is 6.61 Å². The molecule has 0 aromatic rings. The smallest absolute Gasteiger partial charge is 0.374 e. The maximum Gasteiger partial charge on any atom is 0.374 e. The van der Waals surface area contributed by atoms with Crippen LogP contribution in [0.1, 0.15) is 59.8 Å². The highest BCUT2D eigenvalue weighted by molar-refractivity contribution is 6.33. The highest BCUT2D eigenvalue weighted by atomic mass is 16.5. The molecular formula is C15H26O3. The van der Waals surface area contributed by atoms with Gasteiger partial charge in [-0.2, -0.15) is 0 Å². The number of esters is 1. The van der Waals surface area contributed by atoms with Crippen LogP contribution in [0.25, 0.3) is 0 Å². The summed E-state index contributed by atoms with van der Waals surface area (Å²) in [6.45, 7) is 8.54. The molecule has 3 nitrogen and oxygen atoms in total. The van der Waals surface area contributed by atoms with Crippen LogP contribution in [-0.2, 0) is 14.3 Å². The summed E-state index contributed by atoms with van der Waals surface area (Å²) in [5.74, 6) is -0.572. The Bertz CT molecular complexity index is 288. The molecule has 104 valence electrons. The Morgan fingerprint density at radius 2 is 1.89 bits per heavy atom. The van der Waals surface area contributed by atoms with E-state index in [0.29, 0.717) is 18.9 Å². The monoisotopic (exact) mass is 254 g/mol. The van der Waals surface area contributed by atoms with E-state index in [0.717, 1.165) is 19.3 Å². The quantitative estimate of drug-likeness (QED) is 0.358. The number of carbonyl (C=O) groups is 2. The first kappa shape index (κ1) is 16.9. The lowest BCUT2D eigenvalue weighted by Gasteiger charge is -2.10. The van der Waals surface area contributed by atoms with Crippen molar-refractivity contribution in [2.24, 2.45) is 5.92 Å². The number of rotatable bonds is 9. The zero-order valence-electron chi connectivity index (χ0n) is 12.1. The maximum atomic E-state index is 11.2. The molecule has 0 saturated heterocycles. The number of ketones is 1. The van der Waals surface area contributed by atoms with Gasteiger partial charge in [0.2, 0.25) is 5.78 Å². The maximum absolute atomic E-state index is 11.2. The molecule has 0 unspecified atom stereocenters. The van der Waals surface area contributed by atoms with Crippen LogP contribution in [0.5, 0.6) is 0 Å². The van der Waals surface area contributed by atoms with Crippen molar-refractivity contribution >= 4 is 11.8 Å². The topological polar surface area (TPSA) is 43.4 Å². The SMILES string of the molecule is CCCC(=O)C(=O)OCC[C@H](C)CCC=C(C)C. The molecule has 0 N–H and O–H groups in total. The summed E-state index contributed by atoms with van der Waals surface area (Å²) in [4.78, 5) is 22.4. The molecule has 0 saturated carbocycles. The average Bonchev–Trinajstić information content (AvgIpc) is 2.28. The molecule has 0 aromatic heterocycles. The van der Waals surface area contributed by atoms with Crippen molar-refractivity contribution < 1.29 is 14.3 Å². The second-order valence-electron chi connectivity index (χ2n) is 5.06. The van der Waals surface area contributed by atoms with Gasteiger partial charge in [0.25, 0.3) is 0 Å². The predicted molar refractivity (Wildman–Crippen MR) is 73.3 cm³/mol. The van der Waals surface area contributed by atoms with Crippen molar-refractivity contribution in [3.05, 3.63) is 11.6 Å². The van der Waals surface area contributed by atoms with E-state index in [2.05, 4.69) is 26.8 Å². The van der Waals surface area contributed by atoms with Gasteiger partial charge in [-0.3, -0.25) is 4.79 Å². The highest BCUT2D eigenvalue weighted by Gasteiger charge is 2.14. The molecule has 1 atom stereocenters. The summed E-state index contributed by atoms with van der Waals surface area (Å²) in [5, 5.41) is 0. The van der Waals surface area contributed by atoms with Gasteiger partial charge in [0, 0.05) is 6.42 Å². The summed E-state index contributed by atoms with van der Waals surface area (Å²) in [6.07, 6.45) is 6.16. The van der Waals surface area contributed by atoms with Gasteiger partial charge in [0.05, 0.1) is 6.61 Å². The standard InChI is InChI=1S/C15H26O3/c1-5-7-14(16)15(17)18-11-10-13(4)9-6-8-12(2)3/h8,13H,5-7,9-11H2,1-4H3/t13-/m1/s1. The van der Waals surface area contributed by atoms with Crippen LogP contribution in [0.4, 0.5) is 0 Å². The van der Waals surface area contributed by atoms with Crippen LogP contribution in [-0.4, -0.2) is 18.4 Å². The zero-order valence-corrected chi connectivity index (χ0v) is 12.1. The molecule has 0 aliphatic heterocycles. The van der Waals surface area contributed by atoms with E-state index >= 15 is 0 Å². The molecule has 0 aromatic carbocycles. The second-order valence-corrected chi connectivity index (χ2v) is 5.06. The van der Waals surface area contributed by atoms with Gasteiger partial charge in [0.1, 0.15) is 0 Å². The Morgan fingerprint density at radius 1 is 1.22 bits per heavy atom. The first-order valence-corrected chi connectivity index (χ1v) is 6.80. The van der Waals surface area contributed by atoms with Crippen molar-refractivity contribution in [3.8, 4) is 0 Å². The Morgan fingerprint density at radius 3 is 2.44 bits per heavy atom. The fourth-order valence-electron chi connectivity index (χ4n) is 1.56. The third-order valence-electron chi connectivity index (χ3n) is 2.76. The Balaban J connectivity index is 3.67. The number of carbonyl (C=O) groups excluding carboxylic acids is 2. The van der Waals surface area contributed by atoms with E-state index in [1.54, 1.807) is 0 Å². The summed E-state index contributed by atoms with van der Waals surface area (Å²) >= 11 is 0. The third kappa shape index (κ3) is 8.97. The van der Waals surface area contributed by atoms with Gasteiger partial charge in [-0.1, -0.05) is 25.5 Å². The van der Waals surface area contributed by atoms with E-state index in [1.807, 2.05) is 6.92 Å². The highest BCUT2D eigenvalue weighted by Crippen LogP contribution is 2.11. The van der Waals surface area contributed by atoms with Crippen LogP contribution < -0.4 is 0 Å². The fourth-order valence-corrected chi connectivity index (χ4v) is 1.56. The first-order valence-electron chi connectivity index (χ1n) is 6.80. The average molecular weight is 254 g/mol. The first-order chi connectivity index (χ1) is 8.47. The van der Waals surface area contributed by atoms with Crippen LogP contribution in [0.2, 0.25) is 0 Å². The van der Waals surface area contributed by atoms with Crippen molar-refractivity contribution in [1.82, 2.24) is 0 Å². The summed E-state index contributed by atoms with van der Waals surface area (Å²) < 4.78 is 4.95. The number of hydrogen-bond donors (Lipinski definition) is 0. The molecule has 3 heteroatoms. The molecular weight excluding hydrogens is 228 g/mol. The summed E-state index contributed by atoms with van der Waals surface area (Å²) in [7, 11) is 0. The molecule has 0 bridgehead atoms. The Labute approximate surface area is 111 Å². The van der Waals surface area contributed by atoms with Crippen LogP contribution in [0.15, 0.2) is 11.6 Å². The van der Waals surface area contributed by atoms with Gasteiger partial charge in [-0.25, -0.2) is 4.79 Å². The summed E-state index contributed by atoms with van der Waals surface area (Å²) in [5.41, 5.74) is 1.33. The van der Waals surface area contributed by atoms with Crippen LogP contribution >= 0.6 is 0 Å². The van der Waals surface area contributed by atoms with Gasteiger partial charge >= 0.3 is 5.97 Å². The van der Waals surface area contributed by atoms with Crippen LogP contribution in [0.3, 0.4) is 0 Å². The lowest BCUT2D eigenvalue weighted by atomic mass is 10.0. The van der Waals surface area contributed by atoms with Crippen molar-refractivity contribution in [2.45, 2.75) is 59.8 Å². The third-order valence-corrected chi connectivity index (χ3v) is 2.76. The normalized spacial score (nSPS) is 11.8. The van der Waals surface area contributed by atoms with E-state index in [4.69, 9.17) is 4.74 Å². The predicted octanol–water partition coefficient (Wildman–Crippen LogP) is 3.67. The summed E-state index contributed by atoms with van der Waals surface area (Å²) in [6, 6.07) is 0. The van der Waals surface area contributed by atoms with Gasteiger partial charge in [-0.05, 0) is 45.4 Å². The van der Waals surface area contributed by atoms with Crippen molar-refractivity contribution in [3.63, 3.8) is 0 Å². The van der Waals surface area contributed by atoms with E-state index in [-0.39, 0.29) is 6.42 Å². The largest absolute Gasteiger partial charge is 0.460 e. The van der Waals surface area contributed by atoms with E-state index < -0.39 is 11.8 Å². The lowest BCUT2D eigenvalue weighted by Crippen LogP contribution is -2.18. The number of Topliss-reactive ketones (excluding diaryl/α,β-unsaturated/α-hetero) is 1. The minimum Gasteiger partial charge on any atom is -0.460 e. The Kier molecular flexibility index (Phi) is 9.25. The molecule has 0 amide bonds. The molecule has 0 aliphatic carbocycles. The minimum atomic E-state index is -0.673. The molecule has 0 heterocycles. The van der Waals surface area contributed by atoms with Gasteiger partial charge in [0.15, 0.2) is 0 Å². The number of hydrogen-bond acceptors (Lipinski definition) is 3. The fraction of sp³-hybridized carbons (Fsp3) is 0.733. The van der Waals surface area contributed by atoms with Crippen molar-refractivity contribution in [1.29, 1.82) is 0 Å². The van der Waals surface area contributed by atoms with E-state index in [1.165, 1.54) is 5.57 Å². The van der Waals surface area contributed by atoms with Gasteiger partial charge < -0.3 is 4.74 Å². The molecule has 0 aliphatic rings. The zero-order chi connectivity index (χ0) is 14.0.